The third-order valence-electron chi connectivity index (χ3n) is 5.75. The van der Waals surface area contributed by atoms with Crippen LogP contribution in [0.4, 0.5) is 4.39 Å². The van der Waals surface area contributed by atoms with Crippen molar-refractivity contribution in [3.63, 3.8) is 0 Å². The highest BCUT2D eigenvalue weighted by Crippen LogP contribution is 2.47. The molecule has 0 aliphatic carbocycles. The van der Waals surface area contributed by atoms with Gasteiger partial charge in [0, 0.05) is 49.0 Å². The zero-order valence-electron chi connectivity index (χ0n) is 19.6. The average molecular weight is 478 g/mol. The molecule has 1 aromatic heterocycles. The number of nitrogens with zero attached hydrogens (tertiary/aromatic N) is 2. The zero-order valence-corrected chi connectivity index (χ0v) is 20.4. The van der Waals surface area contributed by atoms with Gasteiger partial charge in [-0.05, 0) is 50.6 Å². The van der Waals surface area contributed by atoms with Gasteiger partial charge in [-0.1, -0.05) is 19.9 Å². The molecule has 1 aliphatic heterocycles. The number of ether oxygens (including phenoxy) is 1. The lowest BCUT2D eigenvalue weighted by Crippen LogP contribution is -2.63. The van der Waals surface area contributed by atoms with E-state index in [1.807, 2.05) is 19.1 Å². The standard InChI is InChI=1S/C24H32FN3O4S/c1-5-9-22(29)28(15-13-19-10-7-8-14-26-19)27-24(33(30,31)6-2)17-23(3,4)32-21-12-11-18(25)16-20(21)24/h7-8,10-12,14,16,27H,5-6,9,13,15,17H2,1-4H3. The van der Waals surface area contributed by atoms with Crippen molar-refractivity contribution in [1.29, 1.82) is 0 Å². The van der Waals surface area contributed by atoms with E-state index in [1.165, 1.54) is 23.2 Å². The molecule has 1 aromatic carbocycles. The van der Waals surface area contributed by atoms with Gasteiger partial charge in [-0.25, -0.2) is 18.2 Å². The van der Waals surface area contributed by atoms with Gasteiger partial charge in [-0.2, -0.15) is 0 Å². The van der Waals surface area contributed by atoms with Crippen LogP contribution in [-0.2, 0) is 25.9 Å². The first-order chi connectivity index (χ1) is 15.5. The number of rotatable bonds is 9. The third-order valence-corrected chi connectivity index (χ3v) is 8.02. The molecule has 1 N–H and O–H groups in total. The second-order valence-electron chi connectivity index (χ2n) is 8.89. The molecule has 2 aromatic rings. The summed E-state index contributed by atoms with van der Waals surface area (Å²) in [6.45, 7) is 7.21. The fourth-order valence-corrected chi connectivity index (χ4v) is 6.01. The van der Waals surface area contributed by atoms with Gasteiger partial charge in [-0.3, -0.25) is 14.8 Å². The quantitative estimate of drug-likeness (QED) is 0.554. The SMILES string of the molecule is CCCC(=O)N(CCc1ccccn1)NC1(S(=O)(=O)CC)CC(C)(C)Oc2ccc(F)cc21. The summed E-state index contributed by atoms with van der Waals surface area (Å²) in [6, 6.07) is 9.39. The molecule has 7 nitrogen and oxygen atoms in total. The number of carbonyl (C=O) groups excluding carboxylic acids is 1. The minimum atomic E-state index is -3.88. The van der Waals surface area contributed by atoms with Gasteiger partial charge in [0.15, 0.2) is 14.7 Å². The van der Waals surface area contributed by atoms with E-state index in [9.17, 15) is 17.6 Å². The molecule has 180 valence electrons. The lowest BCUT2D eigenvalue weighted by molar-refractivity contribution is -0.136. The number of benzene rings is 1. The van der Waals surface area contributed by atoms with Gasteiger partial charge in [0.1, 0.15) is 17.2 Å². The number of sulfone groups is 1. The predicted octanol–water partition coefficient (Wildman–Crippen LogP) is 3.75. The van der Waals surface area contributed by atoms with Gasteiger partial charge in [0.05, 0.1) is 0 Å². The Morgan fingerprint density at radius 1 is 1.24 bits per heavy atom. The van der Waals surface area contributed by atoms with E-state index in [2.05, 4.69) is 10.4 Å². The number of aromatic nitrogens is 1. The van der Waals surface area contributed by atoms with Crippen molar-refractivity contribution in [3.8, 4) is 5.75 Å². The topological polar surface area (TPSA) is 88.6 Å². The van der Waals surface area contributed by atoms with Crippen LogP contribution in [0.5, 0.6) is 5.75 Å². The molecule has 0 saturated carbocycles. The van der Waals surface area contributed by atoms with E-state index in [0.29, 0.717) is 12.8 Å². The first-order valence-electron chi connectivity index (χ1n) is 11.2. The Balaban J connectivity index is 2.10. The summed E-state index contributed by atoms with van der Waals surface area (Å²) in [6.07, 6.45) is 2.96. The van der Waals surface area contributed by atoms with E-state index < -0.39 is 26.1 Å². The van der Waals surface area contributed by atoms with Crippen molar-refractivity contribution in [2.75, 3.05) is 12.3 Å². The molecule has 0 bridgehead atoms. The lowest BCUT2D eigenvalue weighted by atomic mass is 9.89. The van der Waals surface area contributed by atoms with Crippen molar-refractivity contribution in [2.24, 2.45) is 0 Å². The summed E-state index contributed by atoms with van der Waals surface area (Å²) < 4.78 is 47.6. The summed E-state index contributed by atoms with van der Waals surface area (Å²) in [5.74, 6) is -0.720. The summed E-state index contributed by atoms with van der Waals surface area (Å²) in [7, 11) is -3.88. The maximum absolute atomic E-state index is 14.3. The fraction of sp³-hybridized carbons (Fsp3) is 0.500. The Morgan fingerprint density at radius 3 is 2.64 bits per heavy atom. The normalized spacial score (nSPS) is 19.4. The highest BCUT2D eigenvalue weighted by Gasteiger charge is 2.54. The maximum Gasteiger partial charge on any atom is 0.236 e. The molecule has 0 saturated heterocycles. The van der Waals surface area contributed by atoms with Crippen molar-refractivity contribution in [2.45, 2.75) is 63.9 Å². The molecule has 1 unspecified atom stereocenters. The number of halogens is 1. The Labute approximate surface area is 195 Å². The number of amides is 1. The average Bonchev–Trinajstić information content (AvgIpc) is 2.77. The number of hydrazine groups is 1. The third kappa shape index (κ3) is 5.35. The van der Waals surface area contributed by atoms with Crippen molar-refractivity contribution in [3.05, 3.63) is 59.7 Å². The fourth-order valence-electron chi connectivity index (χ4n) is 4.21. The molecule has 0 fully saturated rings. The van der Waals surface area contributed by atoms with Gasteiger partial charge >= 0.3 is 0 Å². The largest absolute Gasteiger partial charge is 0.487 e. The van der Waals surface area contributed by atoms with Crippen LogP contribution in [0.2, 0.25) is 0 Å². The predicted molar refractivity (Wildman–Crippen MR) is 125 cm³/mol. The molecular formula is C24H32FN3O4S. The first kappa shape index (κ1) is 25.1. The molecule has 0 radical (unpaired) electrons. The number of pyridine rings is 1. The highest BCUT2D eigenvalue weighted by atomic mass is 32.2. The van der Waals surface area contributed by atoms with Crippen LogP contribution in [0.3, 0.4) is 0 Å². The number of hydrogen-bond acceptors (Lipinski definition) is 6. The van der Waals surface area contributed by atoms with Crippen molar-refractivity contribution in [1.82, 2.24) is 15.4 Å². The number of fused-ring (bicyclic) bond motifs is 1. The summed E-state index contributed by atoms with van der Waals surface area (Å²) in [4.78, 5) is 15.7. The van der Waals surface area contributed by atoms with Crippen LogP contribution in [0.25, 0.3) is 0 Å². The van der Waals surface area contributed by atoms with Crippen LogP contribution < -0.4 is 10.2 Å². The van der Waals surface area contributed by atoms with Crippen LogP contribution in [-0.4, -0.2) is 42.2 Å². The van der Waals surface area contributed by atoms with E-state index in [1.54, 1.807) is 33.0 Å². The van der Waals surface area contributed by atoms with Crippen molar-refractivity contribution >= 4 is 15.7 Å². The van der Waals surface area contributed by atoms with Crippen molar-refractivity contribution < 1.29 is 22.3 Å². The lowest BCUT2D eigenvalue weighted by Gasteiger charge is -2.47. The smallest absolute Gasteiger partial charge is 0.236 e. The van der Waals surface area contributed by atoms with Gasteiger partial charge < -0.3 is 4.74 Å². The maximum atomic E-state index is 14.3. The second-order valence-corrected chi connectivity index (χ2v) is 11.4. The highest BCUT2D eigenvalue weighted by molar-refractivity contribution is 7.92. The van der Waals surface area contributed by atoms with E-state index in [0.717, 1.165) is 5.69 Å². The molecule has 1 aliphatic rings. The Hall–Kier alpha value is -2.52. The van der Waals surface area contributed by atoms with E-state index in [4.69, 9.17) is 4.74 Å². The van der Waals surface area contributed by atoms with Crippen LogP contribution in [0.1, 0.15) is 58.2 Å². The summed E-state index contributed by atoms with van der Waals surface area (Å²) in [5, 5.41) is 1.36. The monoisotopic (exact) mass is 477 g/mol. The van der Waals surface area contributed by atoms with Crippen LogP contribution in [0, 0.1) is 5.82 Å². The molecule has 1 atom stereocenters. The number of hydrogen-bond donors (Lipinski definition) is 1. The van der Waals surface area contributed by atoms with Gasteiger partial charge in [0.25, 0.3) is 0 Å². The van der Waals surface area contributed by atoms with Gasteiger partial charge in [-0.15, -0.1) is 0 Å². The molecule has 33 heavy (non-hydrogen) atoms. The second kappa shape index (κ2) is 9.77. The minimum Gasteiger partial charge on any atom is -0.487 e. The number of carbonyl (C=O) groups is 1. The molecule has 9 heteroatoms. The molecule has 1 amide bonds. The summed E-state index contributed by atoms with van der Waals surface area (Å²) >= 11 is 0. The van der Waals surface area contributed by atoms with E-state index in [-0.39, 0.29) is 42.4 Å². The zero-order chi connectivity index (χ0) is 24.3. The summed E-state index contributed by atoms with van der Waals surface area (Å²) in [5.41, 5.74) is 3.16. The molecule has 3 rings (SSSR count). The Bertz CT molecular complexity index is 1090. The minimum absolute atomic E-state index is 0.00607. The number of nitrogens with one attached hydrogen (secondary N) is 1. The Morgan fingerprint density at radius 2 is 2.00 bits per heavy atom. The molecular weight excluding hydrogens is 445 g/mol. The molecule has 0 spiro atoms. The van der Waals surface area contributed by atoms with Crippen LogP contribution >= 0.6 is 0 Å². The van der Waals surface area contributed by atoms with Gasteiger partial charge in [0.2, 0.25) is 5.91 Å². The first-order valence-corrected chi connectivity index (χ1v) is 12.9. The Kier molecular flexibility index (Phi) is 7.43. The van der Waals surface area contributed by atoms with Crippen LogP contribution in [0.15, 0.2) is 42.6 Å². The molecule has 2 heterocycles. The van der Waals surface area contributed by atoms with E-state index >= 15 is 0 Å².